The molecule has 2 amide bonds. The number of thioether (sulfide) groups is 1. The molecule has 0 spiro atoms. The lowest BCUT2D eigenvalue weighted by molar-refractivity contribution is -0.121. The quantitative estimate of drug-likeness (QED) is 0.528. The van der Waals surface area contributed by atoms with Crippen LogP contribution in [-0.2, 0) is 4.79 Å². The number of aromatic nitrogens is 2. The Morgan fingerprint density at radius 3 is 2.71 bits per heavy atom. The molecule has 1 N–H and O–H groups in total. The van der Waals surface area contributed by atoms with Gasteiger partial charge in [-0.2, -0.15) is 0 Å². The summed E-state index contributed by atoms with van der Waals surface area (Å²) in [6.07, 6.45) is 2.29. The van der Waals surface area contributed by atoms with Gasteiger partial charge in [0, 0.05) is 24.3 Å². The molecule has 9 heteroatoms. The van der Waals surface area contributed by atoms with Gasteiger partial charge in [-0.25, -0.2) is 0 Å². The number of nitrogens with zero attached hydrogens (tertiary/aromatic N) is 3. The van der Waals surface area contributed by atoms with Crippen LogP contribution in [0.1, 0.15) is 43.5 Å². The number of rotatable bonds is 6. The zero-order valence-electron chi connectivity index (χ0n) is 15.9. The van der Waals surface area contributed by atoms with Crippen LogP contribution in [0.15, 0.2) is 28.6 Å². The third-order valence-corrected chi connectivity index (χ3v) is 7.29. The van der Waals surface area contributed by atoms with Gasteiger partial charge in [0.15, 0.2) is 4.34 Å². The minimum atomic E-state index is -0.134. The van der Waals surface area contributed by atoms with Gasteiger partial charge in [0.2, 0.25) is 11.0 Å². The summed E-state index contributed by atoms with van der Waals surface area (Å²) in [6, 6.07) is 7.05. The van der Waals surface area contributed by atoms with Crippen LogP contribution in [0.4, 0.5) is 5.13 Å². The van der Waals surface area contributed by atoms with Crippen molar-refractivity contribution in [3.63, 3.8) is 0 Å². The maximum Gasteiger partial charge on any atom is 0.255 e. The molecular formula is C19H23ClN4O2S2. The van der Waals surface area contributed by atoms with E-state index in [2.05, 4.69) is 29.4 Å². The molecule has 1 unspecified atom stereocenters. The summed E-state index contributed by atoms with van der Waals surface area (Å²) < 4.78 is 0.866. The fraction of sp³-hybridized carbons (Fsp3) is 0.474. The molecule has 0 radical (unpaired) electrons. The molecule has 1 atom stereocenters. The van der Waals surface area contributed by atoms with Crippen LogP contribution >= 0.6 is 34.7 Å². The Balaban J connectivity index is 1.51. The van der Waals surface area contributed by atoms with E-state index in [0.717, 1.165) is 10.8 Å². The summed E-state index contributed by atoms with van der Waals surface area (Å²) in [5.74, 6) is -0.272. The summed E-state index contributed by atoms with van der Waals surface area (Å²) in [5.41, 5.74) is 0.507. The van der Waals surface area contributed by atoms with Crippen LogP contribution in [0.25, 0.3) is 0 Å². The maximum atomic E-state index is 12.6. The predicted octanol–water partition coefficient (Wildman–Crippen LogP) is 4.57. The van der Waals surface area contributed by atoms with Gasteiger partial charge >= 0.3 is 0 Å². The van der Waals surface area contributed by atoms with Gasteiger partial charge in [0.25, 0.3) is 5.91 Å². The first-order valence-corrected chi connectivity index (χ1v) is 11.4. The monoisotopic (exact) mass is 438 g/mol. The molecule has 28 heavy (non-hydrogen) atoms. The van der Waals surface area contributed by atoms with Gasteiger partial charge in [-0.3, -0.25) is 9.59 Å². The van der Waals surface area contributed by atoms with Crippen molar-refractivity contribution in [3.05, 3.63) is 34.9 Å². The molecule has 2 aromatic rings. The number of amides is 2. The largest absolute Gasteiger partial charge is 0.339 e. The van der Waals surface area contributed by atoms with Crippen LogP contribution < -0.4 is 5.32 Å². The van der Waals surface area contributed by atoms with Crippen LogP contribution in [0.5, 0.6) is 0 Å². The molecule has 6 nitrogen and oxygen atoms in total. The van der Waals surface area contributed by atoms with E-state index in [1.165, 1.54) is 11.3 Å². The number of likely N-dealkylation sites (tertiary alicyclic amines) is 1. The maximum absolute atomic E-state index is 12.6. The van der Waals surface area contributed by atoms with E-state index < -0.39 is 0 Å². The SMILES string of the molecule is CCC(C)Sc1nnc(NC(=O)C2CCN(C(=O)c3ccccc3Cl)CC2)s1. The van der Waals surface area contributed by atoms with Crippen molar-refractivity contribution in [2.24, 2.45) is 5.92 Å². The lowest BCUT2D eigenvalue weighted by Gasteiger charge is -2.31. The number of benzene rings is 1. The summed E-state index contributed by atoms with van der Waals surface area (Å²) in [6.45, 7) is 5.34. The number of anilines is 1. The summed E-state index contributed by atoms with van der Waals surface area (Å²) in [5, 5.41) is 12.5. The minimum Gasteiger partial charge on any atom is -0.339 e. The third-order valence-electron chi connectivity index (χ3n) is 4.77. The third kappa shape index (κ3) is 5.24. The molecule has 0 aliphatic carbocycles. The van der Waals surface area contributed by atoms with Gasteiger partial charge < -0.3 is 10.2 Å². The lowest BCUT2D eigenvalue weighted by Crippen LogP contribution is -2.41. The smallest absolute Gasteiger partial charge is 0.255 e. The second kappa shape index (κ2) is 9.71. The van der Waals surface area contributed by atoms with Crippen molar-refractivity contribution in [1.82, 2.24) is 15.1 Å². The highest BCUT2D eigenvalue weighted by atomic mass is 35.5. The molecule has 150 valence electrons. The zero-order chi connectivity index (χ0) is 20.1. The molecule has 1 saturated heterocycles. The number of carbonyl (C=O) groups excluding carboxylic acids is 2. The molecule has 0 saturated carbocycles. The van der Waals surface area contributed by atoms with Crippen molar-refractivity contribution in [1.29, 1.82) is 0 Å². The first-order chi connectivity index (χ1) is 13.5. The van der Waals surface area contributed by atoms with E-state index in [4.69, 9.17) is 11.6 Å². The van der Waals surface area contributed by atoms with Crippen molar-refractivity contribution in [3.8, 4) is 0 Å². The Hall–Kier alpha value is -1.64. The summed E-state index contributed by atoms with van der Waals surface area (Å²) in [7, 11) is 0. The predicted molar refractivity (Wildman–Crippen MR) is 114 cm³/mol. The number of piperidine rings is 1. The molecule has 3 rings (SSSR count). The minimum absolute atomic E-state index is 0.0546. The van der Waals surface area contributed by atoms with E-state index in [1.807, 2.05) is 0 Å². The first-order valence-electron chi connectivity index (χ1n) is 9.32. The Bertz CT molecular complexity index is 837. The molecule has 1 aliphatic heterocycles. The van der Waals surface area contributed by atoms with Crippen molar-refractivity contribution >= 4 is 51.6 Å². The molecule has 1 aliphatic rings. The van der Waals surface area contributed by atoms with Gasteiger partial charge in [0.05, 0.1) is 10.6 Å². The van der Waals surface area contributed by atoms with Crippen LogP contribution in [0.2, 0.25) is 5.02 Å². The number of carbonyl (C=O) groups is 2. The fourth-order valence-electron chi connectivity index (χ4n) is 2.92. The number of hydrogen-bond donors (Lipinski definition) is 1. The second-order valence-electron chi connectivity index (χ2n) is 6.75. The summed E-state index contributed by atoms with van der Waals surface area (Å²) in [4.78, 5) is 26.9. The average Bonchev–Trinajstić information content (AvgIpc) is 3.14. The molecule has 1 fully saturated rings. The molecule has 1 aromatic heterocycles. The zero-order valence-corrected chi connectivity index (χ0v) is 18.2. The van der Waals surface area contributed by atoms with Crippen LogP contribution in [0, 0.1) is 5.92 Å². The average molecular weight is 439 g/mol. The van der Waals surface area contributed by atoms with Gasteiger partial charge in [0.1, 0.15) is 0 Å². The molecule has 2 heterocycles. The fourth-order valence-corrected chi connectivity index (χ4v) is 5.14. The highest BCUT2D eigenvalue weighted by Crippen LogP contribution is 2.30. The van der Waals surface area contributed by atoms with Crippen molar-refractivity contribution in [2.75, 3.05) is 18.4 Å². The Labute approximate surface area is 178 Å². The topological polar surface area (TPSA) is 75.2 Å². The molecular weight excluding hydrogens is 416 g/mol. The van der Waals surface area contributed by atoms with Crippen LogP contribution in [0.3, 0.4) is 0 Å². The normalized spacial score (nSPS) is 16.0. The van der Waals surface area contributed by atoms with E-state index in [1.54, 1.807) is 40.9 Å². The lowest BCUT2D eigenvalue weighted by atomic mass is 9.95. The van der Waals surface area contributed by atoms with Gasteiger partial charge in [-0.15, -0.1) is 10.2 Å². The standard InChI is InChI=1S/C19H23ClN4O2S2/c1-3-12(2)27-19-23-22-18(28-19)21-16(25)13-8-10-24(11-9-13)17(26)14-6-4-5-7-15(14)20/h4-7,12-13H,3,8-11H2,1-2H3,(H,21,22,25). The second-order valence-corrected chi connectivity index (χ2v) is 9.82. The van der Waals surface area contributed by atoms with Crippen molar-refractivity contribution in [2.45, 2.75) is 42.7 Å². The van der Waals surface area contributed by atoms with Crippen LogP contribution in [-0.4, -0.2) is 45.3 Å². The Morgan fingerprint density at radius 1 is 1.32 bits per heavy atom. The highest BCUT2D eigenvalue weighted by molar-refractivity contribution is 8.01. The number of hydrogen-bond acceptors (Lipinski definition) is 6. The highest BCUT2D eigenvalue weighted by Gasteiger charge is 2.29. The first kappa shape index (κ1) is 21.1. The van der Waals surface area contributed by atoms with E-state index in [-0.39, 0.29) is 17.7 Å². The van der Waals surface area contributed by atoms with E-state index in [9.17, 15) is 9.59 Å². The number of halogens is 1. The molecule has 0 bridgehead atoms. The van der Waals surface area contributed by atoms with Gasteiger partial charge in [-0.05, 0) is 31.4 Å². The Kier molecular flexibility index (Phi) is 7.31. The van der Waals surface area contributed by atoms with E-state index >= 15 is 0 Å². The number of nitrogens with one attached hydrogen (secondary N) is 1. The van der Waals surface area contributed by atoms with Gasteiger partial charge in [-0.1, -0.05) is 60.7 Å². The summed E-state index contributed by atoms with van der Waals surface area (Å²) >= 11 is 9.20. The van der Waals surface area contributed by atoms with E-state index in [0.29, 0.717) is 46.9 Å². The Morgan fingerprint density at radius 2 is 2.04 bits per heavy atom. The van der Waals surface area contributed by atoms with Crippen molar-refractivity contribution < 1.29 is 9.59 Å². The molecule has 1 aromatic carbocycles.